The summed E-state index contributed by atoms with van der Waals surface area (Å²) in [6.07, 6.45) is 6.79. The monoisotopic (exact) mass is 413 g/mol. The van der Waals surface area contributed by atoms with Crippen LogP contribution in [-0.4, -0.2) is 33.9 Å². The Morgan fingerprint density at radius 1 is 1.21 bits per heavy atom. The van der Waals surface area contributed by atoms with E-state index < -0.39 is 0 Å². The lowest BCUT2D eigenvalue weighted by atomic mass is 9.96. The van der Waals surface area contributed by atoms with Gasteiger partial charge in [-0.3, -0.25) is 9.78 Å². The van der Waals surface area contributed by atoms with Crippen LogP contribution in [0.15, 0.2) is 48.2 Å². The van der Waals surface area contributed by atoms with Crippen LogP contribution >= 0.6 is 22.9 Å². The average molecular weight is 414 g/mol. The van der Waals surface area contributed by atoms with Gasteiger partial charge in [-0.1, -0.05) is 11.6 Å². The maximum atomic E-state index is 12.5. The molecule has 3 aromatic rings. The van der Waals surface area contributed by atoms with Gasteiger partial charge in [0.2, 0.25) is 5.91 Å². The lowest BCUT2D eigenvalue weighted by Gasteiger charge is -2.32. The van der Waals surface area contributed by atoms with Crippen molar-refractivity contribution in [1.82, 2.24) is 20.3 Å². The van der Waals surface area contributed by atoms with Crippen molar-refractivity contribution in [2.75, 3.05) is 18.0 Å². The van der Waals surface area contributed by atoms with Gasteiger partial charge in [-0.2, -0.15) is 0 Å². The third-order valence-electron chi connectivity index (χ3n) is 4.84. The topological polar surface area (TPSA) is 71.0 Å². The zero-order valence-electron chi connectivity index (χ0n) is 15.2. The summed E-state index contributed by atoms with van der Waals surface area (Å²) >= 11 is 7.45. The van der Waals surface area contributed by atoms with Crippen LogP contribution in [0.2, 0.25) is 5.02 Å². The van der Waals surface area contributed by atoms with E-state index in [9.17, 15) is 4.79 Å². The van der Waals surface area contributed by atoms with Gasteiger partial charge in [-0.05, 0) is 37.1 Å². The quantitative estimate of drug-likeness (QED) is 0.689. The summed E-state index contributed by atoms with van der Waals surface area (Å²) in [4.78, 5) is 27.7. The van der Waals surface area contributed by atoms with Crippen molar-refractivity contribution < 1.29 is 4.79 Å². The molecular formula is C20H20ClN5OS. The number of halogens is 1. The Bertz CT molecular complexity index is 923. The van der Waals surface area contributed by atoms with Crippen molar-refractivity contribution in [2.24, 2.45) is 5.92 Å². The van der Waals surface area contributed by atoms with E-state index in [1.54, 1.807) is 29.9 Å². The second-order valence-corrected chi connectivity index (χ2v) is 8.06. The van der Waals surface area contributed by atoms with E-state index in [1.807, 2.05) is 29.6 Å². The van der Waals surface area contributed by atoms with E-state index in [4.69, 9.17) is 11.6 Å². The van der Waals surface area contributed by atoms with Crippen LogP contribution in [0.3, 0.4) is 0 Å². The first-order chi connectivity index (χ1) is 13.7. The summed E-state index contributed by atoms with van der Waals surface area (Å²) < 4.78 is 0. The summed E-state index contributed by atoms with van der Waals surface area (Å²) in [7, 11) is 0. The Kier molecular flexibility index (Phi) is 5.83. The van der Waals surface area contributed by atoms with Crippen LogP contribution in [0.4, 0.5) is 5.82 Å². The number of thiazole rings is 1. The van der Waals surface area contributed by atoms with Crippen LogP contribution in [0.5, 0.6) is 0 Å². The van der Waals surface area contributed by atoms with Crippen molar-refractivity contribution in [3.05, 3.63) is 58.3 Å². The molecule has 1 fully saturated rings. The summed E-state index contributed by atoms with van der Waals surface area (Å²) in [5, 5.41) is 6.59. The number of amides is 1. The third-order valence-corrected chi connectivity index (χ3v) is 5.92. The molecule has 0 bridgehead atoms. The molecule has 28 heavy (non-hydrogen) atoms. The van der Waals surface area contributed by atoms with Gasteiger partial charge in [-0.25, -0.2) is 9.97 Å². The van der Waals surface area contributed by atoms with E-state index in [-0.39, 0.29) is 11.8 Å². The largest absolute Gasteiger partial charge is 0.357 e. The van der Waals surface area contributed by atoms with Crippen molar-refractivity contribution in [1.29, 1.82) is 0 Å². The highest BCUT2D eigenvalue weighted by molar-refractivity contribution is 7.09. The van der Waals surface area contributed by atoms with Gasteiger partial charge in [0.25, 0.3) is 0 Å². The minimum atomic E-state index is 0.0307. The van der Waals surface area contributed by atoms with E-state index >= 15 is 0 Å². The van der Waals surface area contributed by atoms with Crippen LogP contribution in [0, 0.1) is 5.92 Å². The number of anilines is 1. The number of carbonyl (C=O) groups excluding carboxylic acids is 1. The molecule has 1 amide bonds. The van der Waals surface area contributed by atoms with Crippen molar-refractivity contribution >= 4 is 34.7 Å². The number of piperidine rings is 1. The number of nitrogens with zero attached hydrogens (tertiary/aromatic N) is 4. The molecule has 3 aromatic heterocycles. The Hall–Kier alpha value is -2.51. The van der Waals surface area contributed by atoms with Gasteiger partial charge in [0.15, 0.2) is 0 Å². The van der Waals surface area contributed by atoms with Crippen molar-refractivity contribution in [3.8, 4) is 11.3 Å². The molecule has 0 saturated carbocycles. The van der Waals surface area contributed by atoms with Crippen LogP contribution < -0.4 is 10.2 Å². The first kappa shape index (κ1) is 18.8. The van der Waals surface area contributed by atoms with E-state index in [0.717, 1.165) is 48.0 Å². The maximum Gasteiger partial charge on any atom is 0.223 e. The predicted molar refractivity (Wildman–Crippen MR) is 111 cm³/mol. The summed E-state index contributed by atoms with van der Waals surface area (Å²) in [6, 6.07) is 7.63. The van der Waals surface area contributed by atoms with E-state index in [1.165, 1.54) is 0 Å². The highest BCUT2D eigenvalue weighted by atomic mass is 35.5. The highest BCUT2D eigenvalue weighted by Crippen LogP contribution is 2.24. The van der Waals surface area contributed by atoms with Gasteiger partial charge in [-0.15, -0.1) is 11.3 Å². The molecule has 1 aliphatic heterocycles. The second kappa shape index (κ2) is 8.67. The van der Waals surface area contributed by atoms with E-state index in [2.05, 4.69) is 25.2 Å². The Balaban J connectivity index is 1.27. The molecular weight excluding hydrogens is 394 g/mol. The standard InChI is InChI=1S/C20H20ClN5OS/c21-16-1-2-18(23-11-16)26-9-5-15(6-10-26)20(27)24-12-19-25-17(13-28-19)14-3-7-22-8-4-14/h1-4,7-8,11,13,15H,5-6,9-10,12H2,(H,24,27). The number of hydrogen-bond acceptors (Lipinski definition) is 6. The van der Waals surface area contributed by atoms with Crippen molar-refractivity contribution in [2.45, 2.75) is 19.4 Å². The molecule has 0 radical (unpaired) electrons. The highest BCUT2D eigenvalue weighted by Gasteiger charge is 2.25. The zero-order valence-corrected chi connectivity index (χ0v) is 16.8. The lowest BCUT2D eigenvalue weighted by Crippen LogP contribution is -2.40. The number of carbonyl (C=O) groups is 1. The summed E-state index contributed by atoms with van der Waals surface area (Å²) in [6.45, 7) is 2.10. The lowest BCUT2D eigenvalue weighted by molar-refractivity contribution is -0.125. The molecule has 1 N–H and O–H groups in total. The van der Waals surface area contributed by atoms with Crippen LogP contribution in [0.25, 0.3) is 11.3 Å². The molecule has 0 atom stereocenters. The average Bonchev–Trinajstić information content (AvgIpc) is 3.22. The summed E-state index contributed by atoms with van der Waals surface area (Å²) in [5.74, 6) is 1.04. The first-order valence-corrected chi connectivity index (χ1v) is 10.4. The van der Waals surface area contributed by atoms with Gasteiger partial charge in [0.05, 0.1) is 17.3 Å². The fraction of sp³-hybridized carbons (Fsp3) is 0.300. The maximum absolute atomic E-state index is 12.5. The molecule has 4 heterocycles. The summed E-state index contributed by atoms with van der Waals surface area (Å²) in [5.41, 5.74) is 1.95. The number of pyridine rings is 2. The Morgan fingerprint density at radius 3 is 2.71 bits per heavy atom. The Morgan fingerprint density at radius 2 is 2.00 bits per heavy atom. The van der Waals surface area contributed by atoms with Gasteiger partial charge < -0.3 is 10.2 Å². The zero-order chi connectivity index (χ0) is 19.3. The molecule has 0 aromatic carbocycles. The molecule has 0 aliphatic carbocycles. The fourth-order valence-electron chi connectivity index (χ4n) is 3.28. The van der Waals surface area contributed by atoms with Gasteiger partial charge in [0.1, 0.15) is 10.8 Å². The van der Waals surface area contributed by atoms with Crippen LogP contribution in [-0.2, 0) is 11.3 Å². The van der Waals surface area contributed by atoms with Gasteiger partial charge >= 0.3 is 0 Å². The van der Waals surface area contributed by atoms with E-state index in [0.29, 0.717) is 11.6 Å². The Labute approximate surface area is 172 Å². The molecule has 6 nitrogen and oxygen atoms in total. The minimum absolute atomic E-state index is 0.0307. The molecule has 0 spiro atoms. The molecule has 1 saturated heterocycles. The smallest absolute Gasteiger partial charge is 0.223 e. The normalized spacial score (nSPS) is 14.8. The van der Waals surface area contributed by atoms with Gasteiger partial charge in [0, 0.05) is 48.5 Å². The molecule has 1 aliphatic rings. The molecule has 144 valence electrons. The molecule has 0 unspecified atom stereocenters. The number of rotatable bonds is 5. The first-order valence-electron chi connectivity index (χ1n) is 9.18. The van der Waals surface area contributed by atoms with Crippen LogP contribution in [0.1, 0.15) is 17.8 Å². The fourth-order valence-corrected chi connectivity index (χ4v) is 4.14. The molecule has 8 heteroatoms. The number of nitrogens with one attached hydrogen (secondary N) is 1. The number of aromatic nitrogens is 3. The SMILES string of the molecule is O=C(NCc1nc(-c2ccncc2)cs1)C1CCN(c2ccc(Cl)cn2)CC1. The number of hydrogen-bond donors (Lipinski definition) is 1. The second-order valence-electron chi connectivity index (χ2n) is 6.68. The third kappa shape index (κ3) is 4.48. The molecule has 4 rings (SSSR count). The predicted octanol–water partition coefficient (Wildman–Crippen LogP) is 3.79. The van der Waals surface area contributed by atoms with Crippen molar-refractivity contribution in [3.63, 3.8) is 0 Å². The minimum Gasteiger partial charge on any atom is -0.357 e.